The van der Waals surface area contributed by atoms with Gasteiger partial charge in [0.05, 0.1) is 0 Å². The molecule has 3 nitrogen and oxygen atoms in total. The molecule has 1 aromatic rings. The van der Waals surface area contributed by atoms with Crippen LogP contribution in [0.25, 0.3) is 0 Å². The summed E-state index contributed by atoms with van der Waals surface area (Å²) in [4.78, 5) is 0. The highest BCUT2D eigenvalue weighted by Crippen LogP contribution is 2.49. The predicted molar refractivity (Wildman–Crippen MR) is 68.8 cm³/mol. The molecule has 92 valence electrons. The van der Waals surface area contributed by atoms with Gasteiger partial charge in [-0.1, -0.05) is 39.0 Å². The monoisotopic (exact) mass is 232 g/mol. The lowest BCUT2D eigenvalue weighted by molar-refractivity contribution is 0.0348. The predicted octanol–water partition coefficient (Wildman–Crippen LogP) is 2.25. The molecular formula is C14H20N2O. The zero-order chi connectivity index (χ0) is 12.3. The molecular weight excluding hydrogens is 212 g/mol. The lowest BCUT2D eigenvalue weighted by atomic mass is 9.83. The molecule has 0 aliphatic carbocycles. The molecule has 3 rings (SSSR count). The standard InChI is InChI=1S/C14H20N2O/c1-13(2,3)12-8-10-9-6-4-5-7-11(9)15-14(10,17)16-12/h4-7,10,12,15-17H,8H2,1-3H3. The van der Waals surface area contributed by atoms with Crippen LogP contribution in [0.2, 0.25) is 0 Å². The van der Waals surface area contributed by atoms with Crippen molar-refractivity contribution in [1.29, 1.82) is 0 Å². The summed E-state index contributed by atoms with van der Waals surface area (Å²) >= 11 is 0. The van der Waals surface area contributed by atoms with Crippen LogP contribution in [0.3, 0.4) is 0 Å². The number of anilines is 1. The Balaban J connectivity index is 1.95. The summed E-state index contributed by atoms with van der Waals surface area (Å²) in [7, 11) is 0. The summed E-state index contributed by atoms with van der Waals surface area (Å²) in [6.07, 6.45) is 0.976. The van der Waals surface area contributed by atoms with Gasteiger partial charge in [-0.15, -0.1) is 0 Å². The average molecular weight is 232 g/mol. The number of aliphatic hydroxyl groups is 1. The lowest BCUT2D eigenvalue weighted by Gasteiger charge is -2.30. The first-order valence-corrected chi connectivity index (χ1v) is 6.27. The van der Waals surface area contributed by atoms with Crippen molar-refractivity contribution in [2.75, 3.05) is 5.32 Å². The third-order valence-electron chi connectivity index (χ3n) is 4.08. The van der Waals surface area contributed by atoms with Crippen molar-refractivity contribution in [3.8, 4) is 0 Å². The number of nitrogens with one attached hydrogen (secondary N) is 2. The van der Waals surface area contributed by atoms with Gasteiger partial charge in [-0.25, -0.2) is 0 Å². The maximum absolute atomic E-state index is 10.7. The third-order valence-corrected chi connectivity index (χ3v) is 4.08. The molecule has 17 heavy (non-hydrogen) atoms. The van der Waals surface area contributed by atoms with E-state index in [1.165, 1.54) is 5.56 Å². The molecule has 0 amide bonds. The maximum atomic E-state index is 10.7. The van der Waals surface area contributed by atoms with Crippen LogP contribution >= 0.6 is 0 Å². The second-order valence-electron chi connectivity index (χ2n) is 6.33. The Labute approximate surface area is 102 Å². The van der Waals surface area contributed by atoms with Crippen molar-refractivity contribution >= 4 is 5.69 Å². The van der Waals surface area contributed by atoms with Crippen LogP contribution in [0.15, 0.2) is 24.3 Å². The fraction of sp³-hybridized carbons (Fsp3) is 0.571. The van der Waals surface area contributed by atoms with Crippen molar-refractivity contribution in [3.05, 3.63) is 29.8 Å². The van der Waals surface area contributed by atoms with E-state index >= 15 is 0 Å². The largest absolute Gasteiger partial charge is 0.358 e. The van der Waals surface area contributed by atoms with E-state index in [0.29, 0.717) is 6.04 Å². The number of fused-ring (bicyclic) bond motifs is 3. The van der Waals surface area contributed by atoms with Crippen LogP contribution in [0.1, 0.15) is 38.7 Å². The van der Waals surface area contributed by atoms with E-state index in [-0.39, 0.29) is 11.3 Å². The fourth-order valence-corrected chi connectivity index (χ4v) is 3.00. The third kappa shape index (κ3) is 1.57. The number of benzene rings is 1. The second kappa shape index (κ2) is 3.24. The summed E-state index contributed by atoms with van der Waals surface area (Å²) in [5, 5.41) is 17.2. The Morgan fingerprint density at radius 3 is 2.71 bits per heavy atom. The van der Waals surface area contributed by atoms with Crippen LogP contribution in [0, 0.1) is 5.41 Å². The minimum absolute atomic E-state index is 0.155. The Hall–Kier alpha value is -1.06. The molecule has 2 aliphatic heterocycles. The summed E-state index contributed by atoms with van der Waals surface area (Å²) in [5.74, 6) is -0.801. The Morgan fingerprint density at radius 2 is 2.00 bits per heavy atom. The minimum Gasteiger partial charge on any atom is -0.358 e. The van der Waals surface area contributed by atoms with Gasteiger partial charge in [0, 0.05) is 17.6 Å². The lowest BCUT2D eigenvalue weighted by Crippen LogP contribution is -2.52. The summed E-state index contributed by atoms with van der Waals surface area (Å²) in [5.41, 5.74) is 2.45. The van der Waals surface area contributed by atoms with Crippen molar-refractivity contribution < 1.29 is 5.11 Å². The first-order chi connectivity index (χ1) is 7.90. The van der Waals surface area contributed by atoms with E-state index in [9.17, 15) is 5.11 Å². The van der Waals surface area contributed by atoms with Gasteiger partial charge >= 0.3 is 0 Å². The van der Waals surface area contributed by atoms with Gasteiger partial charge in [-0.3, -0.25) is 5.32 Å². The molecule has 0 aromatic heterocycles. The van der Waals surface area contributed by atoms with E-state index in [0.717, 1.165) is 12.1 Å². The second-order valence-corrected chi connectivity index (χ2v) is 6.33. The van der Waals surface area contributed by atoms with Crippen LogP contribution in [0.4, 0.5) is 5.69 Å². The van der Waals surface area contributed by atoms with Crippen LogP contribution in [0.5, 0.6) is 0 Å². The highest BCUT2D eigenvalue weighted by molar-refractivity contribution is 5.61. The molecule has 1 fully saturated rings. The molecule has 1 saturated heterocycles. The molecule has 3 N–H and O–H groups in total. The Bertz CT molecular complexity index is 452. The Morgan fingerprint density at radius 1 is 1.29 bits per heavy atom. The van der Waals surface area contributed by atoms with E-state index in [1.807, 2.05) is 18.2 Å². The smallest absolute Gasteiger partial charge is 0.200 e. The van der Waals surface area contributed by atoms with E-state index in [4.69, 9.17) is 0 Å². The summed E-state index contributed by atoms with van der Waals surface area (Å²) < 4.78 is 0. The molecule has 2 heterocycles. The van der Waals surface area contributed by atoms with Gasteiger partial charge in [0.1, 0.15) is 0 Å². The molecule has 3 unspecified atom stereocenters. The topological polar surface area (TPSA) is 44.3 Å². The van der Waals surface area contributed by atoms with Gasteiger partial charge in [0.25, 0.3) is 0 Å². The SMILES string of the molecule is CC(C)(C)C1CC2c3ccccc3NC2(O)N1. The average Bonchev–Trinajstić information content (AvgIpc) is 2.67. The minimum atomic E-state index is -0.957. The molecule has 0 radical (unpaired) electrons. The van der Waals surface area contributed by atoms with Crippen molar-refractivity contribution in [2.45, 2.75) is 45.0 Å². The maximum Gasteiger partial charge on any atom is 0.200 e. The molecule has 1 aromatic carbocycles. The first-order valence-electron chi connectivity index (χ1n) is 6.27. The first kappa shape index (κ1) is 11.1. The molecule has 3 heteroatoms. The van der Waals surface area contributed by atoms with E-state index in [2.05, 4.69) is 37.5 Å². The van der Waals surface area contributed by atoms with E-state index in [1.54, 1.807) is 0 Å². The fourth-order valence-electron chi connectivity index (χ4n) is 3.00. The number of rotatable bonds is 0. The molecule has 3 atom stereocenters. The molecule has 0 bridgehead atoms. The molecule has 0 spiro atoms. The molecule has 2 aliphatic rings. The number of para-hydroxylation sites is 1. The van der Waals surface area contributed by atoms with Gasteiger partial charge in [0.2, 0.25) is 0 Å². The van der Waals surface area contributed by atoms with Gasteiger partial charge < -0.3 is 10.4 Å². The van der Waals surface area contributed by atoms with Crippen LogP contribution in [-0.4, -0.2) is 17.0 Å². The summed E-state index contributed by atoms with van der Waals surface area (Å²) in [6, 6.07) is 8.50. The molecule has 0 saturated carbocycles. The Kier molecular flexibility index (Phi) is 2.11. The van der Waals surface area contributed by atoms with Crippen molar-refractivity contribution in [2.24, 2.45) is 5.41 Å². The highest BCUT2D eigenvalue weighted by Gasteiger charge is 2.53. The number of hydrogen-bond acceptors (Lipinski definition) is 3. The zero-order valence-electron chi connectivity index (χ0n) is 10.6. The number of hydrogen-bond donors (Lipinski definition) is 3. The van der Waals surface area contributed by atoms with Crippen molar-refractivity contribution in [3.63, 3.8) is 0 Å². The van der Waals surface area contributed by atoms with Crippen LogP contribution in [-0.2, 0) is 0 Å². The van der Waals surface area contributed by atoms with E-state index < -0.39 is 5.85 Å². The van der Waals surface area contributed by atoms with Gasteiger partial charge in [0.15, 0.2) is 5.85 Å². The normalized spacial score (nSPS) is 35.3. The van der Waals surface area contributed by atoms with Gasteiger partial charge in [-0.05, 0) is 23.5 Å². The zero-order valence-corrected chi connectivity index (χ0v) is 10.6. The van der Waals surface area contributed by atoms with Crippen LogP contribution < -0.4 is 10.6 Å². The highest BCUT2D eigenvalue weighted by atomic mass is 16.3. The summed E-state index contributed by atoms with van der Waals surface area (Å²) in [6.45, 7) is 6.63. The quantitative estimate of drug-likeness (QED) is 0.643. The van der Waals surface area contributed by atoms with Gasteiger partial charge in [-0.2, -0.15) is 0 Å². The van der Waals surface area contributed by atoms with Crippen molar-refractivity contribution in [1.82, 2.24) is 5.32 Å².